The zero-order valence-corrected chi connectivity index (χ0v) is 13.3. The third-order valence-corrected chi connectivity index (χ3v) is 3.40. The molecule has 0 radical (unpaired) electrons. The summed E-state index contributed by atoms with van der Waals surface area (Å²) in [7, 11) is 1.30. The lowest BCUT2D eigenvalue weighted by atomic mass is 10.2. The third-order valence-electron chi connectivity index (χ3n) is 2.38. The molecule has 0 aromatic carbocycles. The van der Waals surface area contributed by atoms with Crippen LogP contribution in [0.4, 0.5) is 4.79 Å². The average molecular weight is 299 g/mol. The maximum atomic E-state index is 11.7. The number of ether oxygens (including phenoxy) is 2. The first-order valence-corrected chi connectivity index (χ1v) is 7.15. The van der Waals surface area contributed by atoms with E-state index in [1.807, 2.05) is 19.1 Å². The summed E-state index contributed by atoms with van der Waals surface area (Å²) in [4.78, 5) is 25.6. The third kappa shape index (κ3) is 5.61. The maximum absolute atomic E-state index is 11.7. The lowest BCUT2D eigenvalue weighted by Gasteiger charge is -2.22. The van der Waals surface area contributed by atoms with Gasteiger partial charge in [-0.1, -0.05) is 0 Å². The van der Waals surface area contributed by atoms with E-state index in [2.05, 4.69) is 5.32 Å². The zero-order valence-electron chi connectivity index (χ0n) is 12.5. The molecule has 0 aliphatic rings. The topological polar surface area (TPSA) is 64.6 Å². The Balaban J connectivity index is 2.70. The van der Waals surface area contributed by atoms with Gasteiger partial charge in [0.1, 0.15) is 11.6 Å². The molecule has 6 heteroatoms. The Labute approximate surface area is 123 Å². The Morgan fingerprint density at radius 2 is 2.00 bits per heavy atom. The van der Waals surface area contributed by atoms with Gasteiger partial charge in [0.05, 0.1) is 7.11 Å². The Kier molecular flexibility index (Phi) is 5.56. The minimum atomic E-state index is -0.743. The molecule has 1 amide bonds. The van der Waals surface area contributed by atoms with Crippen LogP contribution in [-0.4, -0.2) is 30.8 Å². The molecule has 0 saturated heterocycles. The van der Waals surface area contributed by atoms with E-state index in [-0.39, 0.29) is 0 Å². The predicted molar refractivity (Wildman–Crippen MR) is 77.9 cm³/mol. The van der Waals surface area contributed by atoms with Crippen molar-refractivity contribution >= 4 is 23.4 Å². The van der Waals surface area contributed by atoms with Crippen molar-refractivity contribution in [3.63, 3.8) is 0 Å². The molecule has 0 bridgehead atoms. The van der Waals surface area contributed by atoms with Gasteiger partial charge < -0.3 is 14.8 Å². The van der Waals surface area contributed by atoms with E-state index in [4.69, 9.17) is 9.47 Å². The highest BCUT2D eigenvalue weighted by Crippen LogP contribution is 2.17. The van der Waals surface area contributed by atoms with Crippen LogP contribution in [0.15, 0.2) is 12.1 Å². The van der Waals surface area contributed by atoms with Crippen LogP contribution < -0.4 is 5.32 Å². The molecule has 0 spiro atoms. The van der Waals surface area contributed by atoms with E-state index in [0.29, 0.717) is 6.42 Å². The normalized spacial score (nSPS) is 12.7. The van der Waals surface area contributed by atoms with E-state index >= 15 is 0 Å². The van der Waals surface area contributed by atoms with Crippen molar-refractivity contribution < 1.29 is 19.1 Å². The van der Waals surface area contributed by atoms with Gasteiger partial charge >= 0.3 is 12.1 Å². The second-order valence-electron chi connectivity index (χ2n) is 5.44. The smallest absolute Gasteiger partial charge is 0.408 e. The number of hydrogen-bond acceptors (Lipinski definition) is 5. The van der Waals surface area contributed by atoms with Gasteiger partial charge in [-0.25, -0.2) is 9.59 Å². The van der Waals surface area contributed by atoms with Crippen LogP contribution in [0.3, 0.4) is 0 Å². The number of alkyl carbamates (subject to hydrolysis) is 1. The molecule has 1 aromatic rings. The highest BCUT2D eigenvalue weighted by atomic mass is 32.1. The molecule has 112 valence electrons. The van der Waals surface area contributed by atoms with E-state index in [0.717, 1.165) is 9.75 Å². The maximum Gasteiger partial charge on any atom is 0.408 e. The molecule has 1 rings (SSSR count). The first-order valence-electron chi connectivity index (χ1n) is 6.34. The molecular formula is C14H21NO4S. The van der Waals surface area contributed by atoms with E-state index in [1.165, 1.54) is 7.11 Å². The molecule has 0 saturated carbocycles. The number of hydrogen-bond donors (Lipinski definition) is 1. The van der Waals surface area contributed by atoms with Crippen LogP contribution in [0.2, 0.25) is 0 Å². The van der Waals surface area contributed by atoms with Crippen LogP contribution in [-0.2, 0) is 20.7 Å². The summed E-state index contributed by atoms with van der Waals surface area (Å²) >= 11 is 1.58. The van der Waals surface area contributed by atoms with Gasteiger partial charge in [0, 0.05) is 16.2 Å². The molecule has 0 aliphatic carbocycles. The van der Waals surface area contributed by atoms with E-state index in [9.17, 15) is 9.59 Å². The lowest BCUT2D eigenvalue weighted by molar-refractivity contribution is -0.143. The molecular weight excluding hydrogens is 278 g/mol. The summed E-state index contributed by atoms with van der Waals surface area (Å²) < 4.78 is 9.87. The number of methoxy groups -OCH3 is 1. The number of rotatable bonds is 4. The minimum absolute atomic E-state index is 0.393. The molecule has 0 unspecified atom stereocenters. The van der Waals surface area contributed by atoms with Gasteiger partial charge in [-0.2, -0.15) is 0 Å². The standard InChI is InChI=1S/C14H21NO4S/c1-9-6-7-10(20-9)8-11(12(16)18-5)15-13(17)19-14(2,3)4/h6-7,11H,8H2,1-5H3,(H,15,17)/t11-/m1/s1. The molecule has 0 aliphatic heterocycles. The van der Waals surface area contributed by atoms with Crippen molar-refractivity contribution in [3.8, 4) is 0 Å². The highest BCUT2D eigenvalue weighted by Gasteiger charge is 2.25. The van der Waals surface area contributed by atoms with Gasteiger partial charge in [0.2, 0.25) is 0 Å². The second kappa shape index (κ2) is 6.74. The summed E-state index contributed by atoms with van der Waals surface area (Å²) in [5.74, 6) is -0.484. The number of thiophene rings is 1. The van der Waals surface area contributed by atoms with Crippen molar-refractivity contribution in [3.05, 3.63) is 21.9 Å². The molecule has 1 heterocycles. The number of esters is 1. The number of carbonyl (C=O) groups is 2. The van der Waals surface area contributed by atoms with Gasteiger partial charge in [0.15, 0.2) is 0 Å². The molecule has 1 N–H and O–H groups in total. The van der Waals surface area contributed by atoms with Gasteiger partial charge in [-0.05, 0) is 39.8 Å². The number of aryl methyl sites for hydroxylation is 1. The quantitative estimate of drug-likeness (QED) is 0.868. The summed E-state index contributed by atoms with van der Waals surface area (Å²) in [6, 6.07) is 3.17. The van der Waals surface area contributed by atoms with Crippen LogP contribution >= 0.6 is 11.3 Å². The summed E-state index contributed by atoms with van der Waals surface area (Å²) in [5, 5.41) is 2.55. The van der Waals surface area contributed by atoms with Crippen LogP contribution in [0.5, 0.6) is 0 Å². The Morgan fingerprint density at radius 1 is 1.35 bits per heavy atom. The zero-order chi connectivity index (χ0) is 15.3. The largest absolute Gasteiger partial charge is 0.467 e. The van der Waals surface area contributed by atoms with Crippen LogP contribution in [0.25, 0.3) is 0 Å². The van der Waals surface area contributed by atoms with E-state index in [1.54, 1.807) is 32.1 Å². The summed E-state index contributed by atoms with van der Waals surface area (Å²) in [5.41, 5.74) is -0.607. The van der Waals surface area contributed by atoms with Gasteiger partial charge in [0.25, 0.3) is 0 Å². The fraction of sp³-hybridized carbons (Fsp3) is 0.571. The van der Waals surface area contributed by atoms with Gasteiger partial charge in [-0.15, -0.1) is 11.3 Å². The summed E-state index contributed by atoms with van der Waals surface area (Å²) in [6.07, 6.45) is -0.231. The monoisotopic (exact) mass is 299 g/mol. The van der Waals surface area contributed by atoms with E-state index < -0.39 is 23.7 Å². The van der Waals surface area contributed by atoms with Crippen molar-refractivity contribution in [1.29, 1.82) is 0 Å². The second-order valence-corrected chi connectivity index (χ2v) is 6.81. The summed E-state index contributed by atoms with van der Waals surface area (Å²) in [6.45, 7) is 7.29. The Hall–Kier alpha value is -1.56. The molecule has 0 fully saturated rings. The van der Waals surface area contributed by atoms with Crippen molar-refractivity contribution in [2.75, 3.05) is 7.11 Å². The molecule has 5 nitrogen and oxygen atoms in total. The molecule has 20 heavy (non-hydrogen) atoms. The van der Waals surface area contributed by atoms with Crippen LogP contribution in [0, 0.1) is 6.92 Å². The first-order chi connectivity index (χ1) is 9.21. The SMILES string of the molecule is COC(=O)[C@@H](Cc1ccc(C)s1)NC(=O)OC(C)(C)C. The Morgan fingerprint density at radius 3 is 2.45 bits per heavy atom. The predicted octanol–water partition coefficient (Wildman–Crippen LogP) is 2.67. The van der Waals surface area contributed by atoms with Gasteiger partial charge in [-0.3, -0.25) is 0 Å². The molecule has 1 aromatic heterocycles. The fourth-order valence-corrected chi connectivity index (χ4v) is 2.52. The van der Waals surface area contributed by atoms with Crippen molar-refractivity contribution in [2.24, 2.45) is 0 Å². The van der Waals surface area contributed by atoms with Crippen molar-refractivity contribution in [1.82, 2.24) is 5.32 Å². The molecule has 1 atom stereocenters. The number of amides is 1. The highest BCUT2D eigenvalue weighted by molar-refractivity contribution is 7.11. The number of nitrogens with one attached hydrogen (secondary N) is 1. The van der Waals surface area contributed by atoms with Crippen LogP contribution in [0.1, 0.15) is 30.5 Å². The minimum Gasteiger partial charge on any atom is -0.467 e. The average Bonchev–Trinajstić information content (AvgIpc) is 2.70. The Bertz CT molecular complexity index is 476. The number of carbonyl (C=O) groups excluding carboxylic acids is 2. The van der Waals surface area contributed by atoms with Crippen molar-refractivity contribution in [2.45, 2.75) is 45.8 Å². The fourth-order valence-electron chi connectivity index (χ4n) is 1.58. The lowest BCUT2D eigenvalue weighted by Crippen LogP contribution is -2.45. The first kappa shape index (κ1) is 16.5.